The fourth-order valence-electron chi connectivity index (χ4n) is 5.80. The first-order valence-electron chi connectivity index (χ1n) is 9.64. The molecule has 0 aromatic heterocycles. The lowest BCUT2D eigenvalue weighted by Gasteiger charge is -2.59. The fraction of sp³-hybridized carbons (Fsp3) is 0.889. The summed E-state index contributed by atoms with van der Waals surface area (Å²) in [5.41, 5.74) is -1.79. The van der Waals surface area contributed by atoms with Crippen LogP contribution in [0.15, 0.2) is 0 Å². The summed E-state index contributed by atoms with van der Waals surface area (Å²) in [5, 5.41) is 4.55. The smallest absolute Gasteiger partial charge is 0.404 e. The van der Waals surface area contributed by atoms with Gasteiger partial charge in [0.05, 0.1) is 17.4 Å². The molecule has 0 aromatic rings. The zero-order valence-electron chi connectivity index (χ0n) is 15.7. The first kappa shape index (κ1) is 22.3. The molecule has 0 heterocycles. The molecule has 2 unspecified atom stereocenters. The molecule has 0 spiro atoms. The largest absolute Gasteiger partial charge is 0.481 e. The molecule has 0 radical (unpaired) electrons. The minimum atomic E-state index is -5.12. The van der Waals surface area contributed by atoms with E-state index in [9.17, 15) is 40.7 Å². The lowest BCUT2D eigenvalue weighted by molar-refractivity contribution is -0.191. The van der Waals surface area contributed by atoms with Crippen molar-refractivity contribution in [2.24, 2.45) is 22.7 Å². The van der Waals surface area contributed by atoms with E-state index in [0.29, 0.717) is 25.7 Å². The summed E-state index contributed by atoms with van der Waals surface area (Å²) in [6, 6.07) is 0. The Kier molecular flexibility index (Phi) is 5.68. The van der Waals surface area contributed by atoms with Crippen LogP contribution >= 0.6 is 0 Å². The Morgan fingerprint density at radius 3 is 2.07 bits per heavy atom. The zero-order chi connectivity index (χ0) is 21.7. The molecule has 29 heavy (non-hydrogen) atoms. The molecule has 11 heteroatoms. The minimum absolute atomic E-state index is 0.125. The number of hydrogen-bond acceptors (Lipinski definition) is 5. The molecular formula is C18H24F4O6S. The molecule has 4 fully saturated rings. The number of carbonyl (C=O) groups is 2. The Hall–Kier alpha value is -1.39. The van der Waals surface area contributed by atoms with Crippen molar-refractivity contribution in [1.29, 1.82) is 0 Å². The van der Waals surface area contributed by atoms with Crippen LogP contribution in [0, 0.1) is 22.7 Å². The number of unbranched alkanes of at least 4 members (excludes halogenated alkanes) is 1. The molecule has 2 atom stereocenters. The van der Waals surface area contributed by atoms with Crippen molar-refractivity contribution in [2.75, 3.05) is 6.61 Å². The van der Waals surface area contributed by atoms with Crippen molar-refractivity contribution < 1.29 is 45.4 Å². The second-order valence-electron chi connectivity index (χ2n) is 8.92. The summed E-state index contributed by atoms with van der Waals surface area (Å²) in [6.45, 7) is -0.263. The standard InChI is InChI=1S/C18H24F4O6S/c19-17(20,18(21,22)29(26)27)3-1-2-4-28-14(25)16-8-11-5-12(9-16)7-15(6-11,10-16)13(23)24/h11-12,29H,1-10H2,(H,23,24). The molecular weight excluding hydrogens is 420 g/mol. The van der Waals surface area contributed by atoms with Gasteiger partial charge in [-0.15, -0.1) is 0 Å². The molecule has 0 aliphatic heterocycles. The van der Waals surface area contributed by atoms with Gasteiger partial charge >= 0.3 is 23.1 Å². The van der Waals surface area contributed by atoms with Crippen LogP contribution in [-0.4, -0.2) is 43.2 Å². The Morgan fingerprint density at radius 2 is 1.55 bits per heavy atom. The van der Waals surface area contributed by atoms with Crippen molar-refractivity contribution >= 4 is 22.6 Å². The topological polar surface area (TPSA) is 97.7 Å². The van der Waals surface area contributed by atoms with Crippen LogP contribution in [0.3, 0.4) is 0 Å². The van der Waals surface area contributed by atoms with Crippen LogP contribution in [0.2, 0.25) is 0 Å². The lowest BCUT2D eigenvalue weighted by Crippen LogP contribution is -2.57. The average molecular weight is 444 g/mol. The van der Waals surface area contributed by atoms with Gasteiger partial charge in [0.1, 0.15) is 0 Å². The normalized spacial score (nSPS) is 33.8. The molecule has 4 bridgehead atoms. The van der Waals surface area contributed by atoms with Crippen molar-refractivity contribution in [3.8, 4) is 0 Å². The van der Waals surface area contributed by atoms with Gasteiger partial charge in [-0.1, -0.05) is 0 Å². The number of carboxylic acids is 1. The van der Waals surface area contributed by atoms with E-state index < -0.39 is 57.5 Å². The maximum Gasteiger partial charge on any atom is 0.404 e. The predicted octanol–water partition coefficient (Wildman–Crippen LogP) is 3.21. The van der Waals surface area contributed by atoms with E-state index in [2.05, 4.69) is 0 Å². The second-order valence-corrected chi connectivity index (χ2v) is 10.00. The van der Waals surface area contributed by atoms with Gasteiger partial charge in [-0.05, 0) is 63.2 Å². The summed E-state index contributed by atoms with van der Waals surface area (Å²) >= 11 is 0. The van der Waals surface area contributed by atoms with E-state index in [-0.39, 0.29) is 31.3 Å². The molecule has 6 nitrogen and oxygen atoms in total. The van der Waals surface area contributed by atoms with E-state index in [1.807, 2.05) is 0 Å². The lowest BCUT2D eigenvalue weighted by atomic mass is 9.44. The number of ether oxygens (including phenoxy) is 1. The van der Waals surface area contributed by atoms with Crippen LogP contribution < -0.4 is 0 Å². The van der Waals surface area contributed by atoms with Gasteiger partial charge in [0.25, 0.3) is 0 Å². The monoisotopic (exact) mass is 444 g/mol. The van der Waals surface area contributed by atoms with Crippen LogP contribution in [0.4, 0.5) is 17.6 Å². The van der Waals surface area contributed by atoms with E-state index in [0.717, 1.165) is 6.42 Å². The number of aliphatic carboxylic acids is 1. The first-order chi connectivity index (χ1) is 13.3. The Morgan fingerprint density at radius 1 is 1.00 bits per heavy atom. The van der Waals surface area contributed by atoms with Crippen molar-refractivity contribution in [3.63, 3.8) is 0 Å². The van der Waals surface area contributed by atoms with Crippen molar-refractivity contribution in [2.45, 2.75) is 69.0 Å². The molecule has 1 N–H and O–H groups in total. The molecule has 0 amide bonds. The SMILES string of the molecule is O=C(O)C12CC3CC(C1)CC(C(=O)OCCCCC(F)(F)C(F)(F)[SH](=O)=O)(C3)C2. The molecule has 4 aliphatic rings. The fourth-order valence-corrected chi connectivity index (χ4v) is 6.18. The summed E-state index contributed by atoms with van der Waals surface area (Å²) in [4.78, 5) is 24.5. The van der Waals surface area contributed by atoms with Gasteiger partial charge in [0.15, 0.2) is 0 Å². The summed E-state index contributed by atoms with van der Waals surface area (Å²) in [5.74, 6) is -5.84. The number of thiol groups is 1. The van der Waals surface area contributed by atoms with Gasteiger partial charge in [-0.3, -0.25) is 9.59 Å². The highest BCUT2D eigenvalue weighted by Gasteiger charge is 2.64. The highest BCUT2D eigenvalue weighted by atomic mass is 32.2. The van der Waals surface area contributed by atoms with Crippen LogP contribution in [0.1, 0.15) is 57.8 Å². The van der Waals surface area contributed by atoms with Gasteiger partial charge in [0.2, 0.25) is 10.7 Å². The van der Waals surface area contributed by atoms with E-state index in [1.54, 1.807) is 0 Å². The average Bonchev–Trinajstić information content (AvgIpc) is 2.59. The van der Waals surface area contributed by atoms with E-state index in [1.165, 1.54) is 0 Å². The number of esters is 1. The number of rotatable bonds is 9. The van der Waals surface area contributed by atoms with Crippen molar-refractivity contribution in [3.05, 3.63) is 0 Å². The van der Waals surface area contributed by atoms with Gasteiger partial charge in [-0.25, -0.2) is 8.42 Å². The van der Waals surface area contributed by atoms with Gasteiger partial charge in [-0.2, -0.15) is 17.6 Å². The maximum absolute atomic E-state index is 13.4. The second kappa shape index (κ2) is 7.39. The molecule has 4 rings (SSSR count). The number of carbonyl (C=O) groups excluding carboxylic acids is 1. The molecule has 166 valence electrons. The van der Waals surface area contributed by atoms with E-state index in [4.69, 9.17) is 4.74 Å². The minimum Gasteiger partial charge on any atom is -0.481 e. The summed E-state index contributed by atoms with van der Waals surface area (Å²) in [6.07, 6.45) is 1.40. The highest BCUT2D eigenvalue weighted by Crippen LogP contribution is 2.65. The number of alkyl halides is 4. The molecule has 0 saturated heterocycles. The van der Waals surface area contributed by atoms with E-state index >= 15 is 0 Å². The summed E-state index contributed by atoms with van der Waals surface area (Å²) in [7, 11) is -4.61. The van der Waals surface area contributed by atoms with Gasteiger partial charge in [0, 0.05) is 6.42 Å². The maximum atomic E-state index is 13.4. The number of hydrogen-bond donors (Lipinski definition) is 2. The quantitative estimate of drug-likeness (QED) is 0.245. The Balaban J connectivity index is 1.52. The van der Waals surface area contributed by atoms with Crippen molar-refractivity contribution in [1.82, 2.24) is 0 Å². The highest BCUT2D eigenvalue weighted by molar-refractivity contribution is 7.73. The Labute approximate surface area is 166 Å². The third-order valence-electron chi connectivity index (χ3n) is 6.74. The number of halogens is 4. The predicted molar refractivity (Wildman–Crippen MR) is 92.2 cm³/mol. The van der Waals surface area contributed by atoms with Crippen LogP contribution in [0.5, 0.6) is 0 Å². The number of carboxylic acid groups (broad SMARTS) is 1. The van der Waals surface area contributed by atoms with Crippen LogP contribution in [0.25, 0.3) is 0 Å². The summed E-state index contributed by atoms with van der Waals surface area (Å²) < 4.78 is 78.6. The first-order valence-corrected chi connectivity index (χ1v) is 10.8. The third-order valence-corrected chi connectivity index (χ3v) is 7.52. The zero-order valence-corrected chi connectivity index (χ0v) is 16.6. The molecule has 0 aromatic carbocycles. The molecule has 4 saturated carbocycles. The van der Waals surface area contributed by atoms with Gasteiger partial charge < -0.3 is 9.84 Å². The molecule has 4 aliphatic carbocycles. The van der Waals surface area contributed by atoms with Crippen LogP contribution in [-0.2, 0) is 25.0 Å². The Bertz CT molecular complexity index is 743. The third kappa shape index (κ3) is 3.86.